The summed E-state index contributed by atoms with van der Waals surface area (Å²) in [6.07, 6.45) is -1.77. The Balaban J connectivity index is 1.56. The fraction of sp³-hybridized carbons (Fsp3) is 0.269. The molecule has 192 valence electrons. The first-order valence-corrected chi connectivity index (χ1v) is 11.4. The molecule has 4 rings (SSSR count). The average molecular weight is 513 g/mol. The minimum Gasteiger partial charge on any atom is -0.368 e. The number of benzene rings is 2. The van der Waals surface area contributed by atoms with Crippen LogP contribution in [0.15, 0.2) is 48.8 Å². The van der Waals surface area contributed by atoms with E-state index in [1.165, 1.54) is 30.6 Å². The number of hydrogen-bond donors (Lipinski definition) is 2. The Morgan fingerprint density at radius 2 is 1.70 bits per heavy atom. The molecule has 0 bridgehead atoms. The number of likely N-dealkylation sites (N-methyl/N-ethyl adjacent to an activating group) is 1. The van der Waals surface area contributed by atoms with Crippen molar-refractivity contribution in [3.63, 3.8) is 0 Å². The van der Waals surface area contributed by atoms with Gasteiger partial charge in [0, 0.05) is 56.4 Å². The normalized spacial score (nSPS) is 14.6. The summed E-state index contributed by atoms with van der Waals surface area (Å²) in [5.41, 5.74) is 5.32. The number of rotatable bonds is 4. The van der Waals surface area contributed by atoms with Crippen molar-refractivity contribution < 1.29 is 22.4 Å². The molecule has 2 aromatic carbocycles. The van der Waals surface area contributed by atoms with E-state index in [1.54, 1.807) is 0 Å². The third-order valence-electron chi connectivity index (χ3n) is 5.81. The molecular weight excluding hydrogens is 488 g/mol. The smallest absolute Gasteiger partial charge is 0.368 e. The van der Waals surface area contributed by atoms with Crippen LogP contribution in [0.4, 0.5) is 29.2 Å². The number of carbonyl (C=O) groups excluding carboxylic acids is 1. The highest BCUT2D eigenvalue weighted by Crippen LogP contribution is 2.32. The largest absolute Gasteiger partial charge is 0.416 e. The van der Waals surface area contributed by atoms with E-state index in [1.807, 2.05) is 7.05 Å². The third-order valence-corrected chi connectivity index (χ3v) is 5.81. The summed E-state index contributed by atoms with van der Waals surface area (Å²) in [4.78, 5) is 24.7. The standard InChI is InChI=1S/C26H24F4N6O/c1-35-6-8-36(9-7-35)16-19-10-20(26(28,29)30)13-21(11-19)34-24(37)22-12-17(4-5-23(22)27)2-3-18-14-32-25(31)33-15-18/h4-5,10-15H,6-9,16H2,1H3,(H,34,37)(H2,31,32,33). The van der Waals surface area contributed by atoms with Gasteiger partial charge in [-0.25, -0.2) is 14.4 Å². The first kappa shape index (κ1) is 26.1. The molecule has 0 spiro atoms. The molecule has 3 aromatic rings. The number of anilines is 2. The average Bonchev–Trinajstić information content (AvgIpc) is 2.85. The van der Waals surface area contributed by atoms with Crippen LogP contribution in [0.3, 0.4) is 0 Å². The molecule has 37 heavy (non-hydrogen) atoms. The van der Waals surface area contributed by atoms with E-state index in [2.05, 4.69) is 36.9 Å². The number of hydrogen-bond acceptors (Lipinski definition) is 6. The molecule has 1 fully saturated rings. The van der Waals surface area contributed by atoms with Crippen molar-refractivity contribution in [1.82, 2.24) is 19.8 Å². The first-order valence-electron chi connectivity index (χ1n) is 11.4. The van der Waals surface area contributed by atoms with Crippen LogP contribution < -0.4 is 11.1 Å². The lowest BCUT2D eigenvalue weighted by Gasteiger charge is -2.32. The molecule has 1 aliphatic rings. The van der Waals surface area contributed by atoms with Gasteiger partial charge in [0.05, 0.1) is 16.7 Å². The van der Waals surface area contributed by atoms with E-state index >= 15 is 0 Å². The summed E-state index contributed by atoms with van der Waals surface area (Å²) in [5.74, 6) is 3.93. The van der Waals surface area contributed by atoms with Gasteiger partial charge in [-0.2, -0.15) is 13.2 Å². The second-order valence-corrected chi connectivity index (χ2v) is 8.72. The highest BCUT2D eigenvalue weighted by molar-refractivity contribution is 6.04. The highest BCUT2D eigenvalue weighted by atomic mass is 19.4. The fourth-order valence-corrected chi connectivity index (χ4v) is 3.81. The van der Waals surface area contributed by atoms with Gasteiger partial charge >= 0.3 is 6.18 Å². The van der Waals surface area contributed by atoms with E-state index < -0.39 is 23.5 Å². The monoisotopic (exact) mass is 512 g/mol. The van der Waals surface area contributed by atoms with Crippen LogP contribution in [0, 0.1) is 17.7 Å². The SMILES string of the molecule is CN1CCN(Cc2cc(NC(=O)c3cc(C#Cc4cnc(N)nc4)ccc3F)cc(C(F)(F)F)c2)CC1. The van der Waals surface area contributed by atoms with Crippen molar-refractivity contribution in [2.24, 2.45) is 0 Å². The lowest BCUT2D eigenvalue weighted by atomic mass is 10.1. The van der Waals surface area contributed by atoms with Crippen molar-refractivity contribution in [3.05, 3.63) is 82.4 Å². The van der Waals surface area contributed by atoms with Gasteiger partial charge in [0.1, 0.15) is 5.82 Å². The molecule has 1 aromatic heterocycles. The molecule has 0 saturated carbocycles. The van der Waals surface area contributed by atoms with E-state index in [9.17, 15) is 22.4 Å². The summed E-state index contributed by atoms with van der Waals surface area (Å²) < 4.78 is 55.2. The van der Waals surface area contributed by atoms with Gasteiger partial charge in [0.15, 0.2) is 0 Å². The summed E-state index contributed by atoms with van der Waals surface area (Å²) >= 11 is 0. The lowest BCUT2D eigenvalue weighted by molar-refractivity contribution is -0.137. The summed E-state index contributed by atoms with van der Waals surface area (Å²) in [6.45, 7) is 3.36. The number of halogens is 4. The Labute approximate surface area is 211 Å². The van der Waals surface area contributed by atoms with Crippen molar-refractivity contribution in [2.75, 3.05) is 44.3 Å². The van der Waals surface area contributed by atoms with Crippen LogP contribution in [-0.2, 0) is 12.7 Å². The quantitative estimate of drug-likeness (QED) is 0.410. The van der Waals surface area contributed by atoms with Crippen molar-refractivity contribution in [3.8, 4) is 11.8 Å². The summed E-state index contributed by atoms with van der Waals surface area (Å²) in [7, 11) is 1.99. The molecular formula is C26H24F4N6O. The van der Waals surface area contributed by atoms with Crippen LogP contribution in [0.5, 0.6) is 0 Å². The lowest BCUT2D eigenvalue weighted by Crippen LogP contribution is -2.43. The Morgan fingerprint density at radius 1 is 1.03 bits per heavy atom. The van der Waals surface area contributed by atoms with Crippen LogP contribution >= 0.6 is 0 Å². The first-order chi connectivity index (χ1) is 17.6. The van der Waals surface area contributed by atoms with Gasteiger partial charge in [-0.1, -0.05) is 11.8 Å². The Kier molecular flexibility index (Phi) is 7.71. The third kappa shape index (κ3) is 7.03. The van der Waals surface area contributed by atoms with Gasteiger partial charge < -0.3 is 16.0 Å². The number of alkyl halides is 3. The topological polar surface area (TPSA) is 87.4 Å². The Hall–Kier alpha value is -4.01. The minimum atomic E-state index is -4.61. The molecule has 0 unspecified atom stereocenters. The van der Waals surface area contributed by atoms with Crippen molar-refractivity contribution in [1.29, 1.82) is 0 Å². The number of nitrogens with one attached hydrogen (secondary N) is 1. The van der Waals surface area contributed by atoms with Crippen LogP contribution in [0.2, 0.25) is 0 Å². The maximum atomic E-state index is 14.5. The Morgan fingerprint density at radius 3 is 2.38 bits per heavy atom. The number of piperazine rings is 1. The number of amides is 1. The molecule has 0 aliphatic carbocycles. The minimum absolute atomic E-state index is 0.0705. The molecule has 1 saturated heterocycles. The van der Waals surface area contributed by atoms with Crippen molar-refractivity contribution in [2.45, 2.75) is 12.7 Å². The maximum absolute atomic E-state index is 14.5. The van der Waals surface area contributed by atoms with Crippen LogP contribution in [-0.4, -0.2) is 58.9 Å². The molecule has 0 atom stereocenters. The van der Waals surface area contributed by atoms with Gasteiger partial charge in [0.2, 0.25) is 5.95 Å². The molecule has 0 radical (unpaired) electrons. The van der Waals surface area contributed by atoms with Crippen LogP contribution in [0.1, 0.15) is 32.6 Å². The van der Waals surface area contributed by atoms with E-state index in [4.69, 9.17) is 5.73 Å². The Bertz CT molecular complexity index is 1340. The number of nitrogens with two attached hydrogens (primary N) is 1. The van der Waals surface area contributed by atoms with E-state index in [-0.39, 0.29) is 17.2 Å². The van der Waals surface area contributed by atoms with Gasteiger partial charge in [-0.05, 0) is 49.0 Å². The predicted molar refractivity (Wildman–Crippen MR) is 131 cm³/mol. The second kappa shape index (κ2) is 10.9. The molecule has 11 heteroatoms. The highest BCUT2D eigenvalue weighted by Gasteiger charge is 2.31. The zero-order chi connectivity index (χ0) is 26.6. The van der Waals surface area contributed by atoms with Crippen LogP contribution in [0.25, 0.3) is 0 Å². The van der Waals surface area contributed by atoms with Gasteiger partial charge in [-0.3, -0.25) is 9.69 Å². The number of aromatic nitrogens is 2. The zero-order valence-corrected chi connectivity index (χ0v) is 19.9. The number of nitrogen functional groups attached to an aromatic ring is 1. The van der Waals surface area contributed by atoms with Gasteiger partial charge in [0.25, 0.3) is 5.91 Å². The van der Waals surface area contributed by atoms with Gasteiger partial charge in [-0.15, -0.1) is 0 Å². The number of nitrogens with zero attached hydrogens (tertiary/aromatic N) is 4. The summed E-state index contributed by atoms with van der Waals surface area (Å²) in [6, 6.07) is 7.08. The zero-order valence-electron chi connectivity index (χ0n) is 19.9. The maximum Gasteiger partial charge on any atom is 0.416 e. The molecule has 2 heterocycles. The second-order valence-electron chi connectivity index (χ2n) is 8.72. The predicted octanol–water partition coefficient (Wildman–Crippen LogP) is 3.62. The summed E-state index contributed by atoms with van der Waals surface area (Å²) in [5, 5.41) is 2.42. The molecule has 1 aliphatic heterocycles. The van der Waals surface area contributed by atoms with E-state index in [0.29, 0.717) is 23.2 Å². The van der Waals surface area contributed by atoms with Crippen molar-refractivity contribution >= 4 is 17.5 Å². The fourth-order valence-electron chi connectivity index (χ4n) is 3.81. The number of carbonyl (C=O) groups is 1. The molecule has 7 nitrogen and oxygen atoms in total. The molecule has 3 N–H and O–H groups in total. The van der Waals surface area contributed by atoms with E-state index in [0.717, 1.165) is 44.4 Å². The molecule has 1 amide bonds.